The fraction of sp³-hybridized carbons (Fsp3) is 0.200. The van der Waals surface area contributed by atoms with Crippen LogP contribution in [0.1, 0.15) is 5.56 Å². The molecule has 1 aliphatic rings. The summed E-state index contributed by atoms with van der Waals surface area (Å²) < 4.78 is 79.2. The third-order valence-corrected chi connectivity index (χ3v) is 7.20. The van der Waals surface area contributed by atoms with Gasteiger partial charge in [-0.3, -0.25) is 4.31 Å². The molecule has 2 aromatic rings. The van der Waals surface area contributed by atoms with Gasteiger partial charge in [-0.25, -0.2) is 30.3 Å². The van der Waals surface area contributed by atoms with Crippen molar-refractivity contribution in [2.45, 2.75) is 16.2 Å². The van der Waals surface area contributed by atoms with E-state index >= 15 is 0 Å². The van der Waals surface area contributed by atoms with Gasteiger partial charge in [0.15, 0.2) is 0 Å². The molecule has 0 bridgehead atoms. The molecule has 0 aromatic heterocycles. The summed E-state index contributed by atoms with van der Waals surface area (Å²) in [4.78, 5) is -0.616. The van der Waals surface area contributed by atoms with E-state index in [1.54, 1.807) is 0 Å². The number of fused-ring (bicyclic) bond motifs is 1. The van der Waals surface area contributed by atoms with Crippen molar-refractivity contribution in [1.29, 1.82) is 0 Å². The number of sulfonamides is 2. The van der Waals surface area contributed by atoms with E-state index in [-0.39, 0.29) is 23.5 Å². The lowest BCUT2D eigenvalue weighted by atomic mass is 10.2. The number of nitrogens with zero attached hydrogens (tertiary/aromatic N) is 1. The summed E-state index contributed by atoms with van der Waals surface area (Å²) in [5.74, 6) is -2.05. The Bertz CT molecular complexity index is 1050. The molecule has 3 rings (SSSR count). The summed E-state index contributed by atoms with van der Waals surface area (Å²) in [5.41, 5.74) is 0.793. The quantitative estimate of drug-likeness (QED) is 0.863. The molecule has 2 aromatic carbocycles. The Morgan fingerprint density at radius 2 is 1.76 bits per heavy atom. The summed E-state index contributed by atoms with van der Waals surface area (Å²) in [5, 5.41) is 0. The summed E-state index contributed by atoms with van der Waals surface area (Å²) in [6.45, 7) is 0.0392. The van der Waals surface area contributed by atoms with Gasteiger partial charge in [0, 0.05) is 12.6 Å². The van der Waals surface area contributed by atoms with Crippen LogP contribution in [-0.2, 0) is 26.5 Å². The van der Waals surface area contributed by atoms with E-state index in [1.807, 2.05) is 0 Å². The zero-order valence-corrected chi connectivity index (χ0v) is 14.7. The van der Waals surface area contributed by atoms with Crippen LogP contribution in [0.5, 0.6) is 0 Å². The first-order chi connectivity index (χ1) is 11.7. The van der Waals surface area contributed by atoms with Crippen LogP contribution in [0.25, 0.3) is 0 Å². The van der Waals surface area contributed by atoms with E-state index in [2.05, 4.69) is 4.72 Å². The first-order valence-corrected chi connectivity index (χ1v) is 10.1. The Kier molecular flexibility index (Phi) is 4.30. The van der Waals surface area contributed by atoms with Crippen molar-refractivity contribution >= 4 is 25.7 Å². The number of benzene rings is 2. The highest BCUT2D eigenvalue weighted by Gasteiger charge is 2.33. The summed E-state index contributed by atoms with van der Waals surface area (Å²) in [6.07, 6.45) is 0.282. The van der Waals surface area contributed by atoms with E-state index < -0.39 is 36.6 Å². The number of rotatable bonds is 4. The van der Waals surface area contributed by atoms with Crippen molar-refractivity contribution in [2.75, 3.05) is 17.9 Å². The Hall–Kier alpha value is -2.04. The van der Waals surface area contributed by atoms with Crippen molar-refractivity contribution < 1.29 is 25.6 Å². The molecule has 0 saturated heterocycles. The zero-order valence-electron chi connectivity index (χ0n) is 13.0. The van der Waals surface area contributed by atoms with Crippen molar-refractivity contribution in [3.63, 3.8) is 0 Å². The zero-order chi connectivity index (χ0) is 18.4. The van der Waals surface area contributed by atoms with E-state index in [4.69, 9.17) is 0 Å². The third-order valence-electron chi connectivity index (χ3n) is 3.94. The van der Waals surface area contributed by atoms with Gasteiger partial charge >= 0.3 is 0 Å². The average molecular weight is 388 g/mol. The lowest BCUT2D eigenvalue weighted by Crippen LogP contribution is -2.29. The predicted molar refractivity (Wildman–Crippen MR) is 87.3 cm³/mol. The molecular weight excluding hydrogens is 374 g/mol. The van der Waals surface area contributed by atoms with Gasteiger partial charge in [0.05, 0.1) is 10.6 Å². The van der Waals surface area contributed by atoms with Crippen LogP contribution in [0.2, 0.25) is 0 Å². The van der Waals surface area contributed by atoms with Crippen LogP contribution in [0.4, 0.5) is 14.5 Å². The molecule has 0 spiro atoms. The minimum absolute atomic E-state index is 0.0148. The van der Waals surface area contributed by atoms with Crippen LogP contribution in [0.15, 0.2) is 46.2 Å². The van der Waals surface area contributed by atoms with Crippen LogP contribution in [0.3, 0.4) is 0 Å². The van der Waals surface area contributed by atoms with E-state index in [1.165, 1.54) is 25.2 Å². The Balaban J connectivity index is 2.06. The molecule has 0 aliphatic carbocycles. The Morgan fingerprint density at radius 1 is 1.04 bits per heavy atom. The topological polar surface area (TPSA) is 83.6 Å². The molecule has 0 unspecified atom stereocenters. The van der Waals surface area contributed by atoms with Gasteiger partial charge in [0.1, 0.15) is 16.5 Å². The molecule has 1 aliphatic heterocycles. The van der Waals surface area contributed by atoms with Gasteiger partial charge in [-0.15, -0.1) is 0 Å². The van der Waals surface area contributed by atoms with E-state index in [0.717, 1.165) is 16.4 Å². The maximum Gasteiger partial charge on any atom is 0.267 e. The fourth-order valence-corrected chi connectivity index (χ4v) is 5.02. The first-order valence-electron chi connectivity index (χ1n) is 7.21. The van der Waals surface area contributed by atoms with Crippen LogP contribution in [0, 0.1) is 11.6 Å². The van der Waals surface area contributed by atoms with Crippen LogP contribution in [-0.4, -0.2) is 30.4 Å². The van der Waals surface area contributed by atoms with E-state index in [9.17, 15) is 25.6 Å². The van der Waals surface area contributed by atoms with Gasteiger partial charge in [-0.05, 0) is 49.4 Å². The number of halogens is 2. The normalized spacial score (nSPS) is 14.6. The van der Waals surface area contributed by atoms with Gasteiger partial charge in [0.25, 0.3) is 10.0 Å². The molecule has 0 saturated carbocycles. The SMILES string of the molecule is CNS(=O)(=O)c1ccc2c(c1)CCN2S(=O)(=O)c1ccc(F)cc1F. The molecule has 0 fully saturated rings. The fourth-order valence-electron chi connectivity index (χ4n) is 2.69. The molecule has 25 heavy (non-hydrogen) atoms. The van der Waals surface area contributed by atoms with Gasteiger partial charge < -0.3 is 0 Å². The minimum Gasteiger partial charge on any atom is -0.266 e. The van der Waals surface area contributed by atoms with Crippen molar-refractivity contribution in [3.8, 4) is 0 Å². The molecule has 10 heteroatoms. The van der Waals surface area contributed by atoms with Crippen molar-refractivity contribution in [2.24, 2.45) is 0 Å². The van der Waals surface area contributed by atoms with Gasteiger partial charge in [-0.2, -0.15) is 0 Å². The van der Waals surface area contributed by atoms with Crippen molar-refractivity contribution in [1.82, 2.24) is 4.72 Å². The smallest absolute Gasteiger partial charge is 0.266 e. The molecule has 1 heterocycles. The van der Waals surface area contributed by atoms with Gasteiger partial charge in [0.2, 0.25) is 10.0 Å². The Labute approximate surface area is 144 Å². The lowest BCUT2D eigenvalue weighted by Gasteiger charge is -2.20. The predicted octanol–water partition coefficient (Wildman–Crippen LogP) is 1.62. The second-order valence-corrected chi connectivity index (χ2v) is 9.12. The van der Waals surface area contributed by atoms with Crippen LogP contribution < -0.4 is 9.03 Å². The average Bonchev–Trinajstić information content (AvgIpc) is 2.98. The highest BCUT2D eigenvalue weighted by molar-refractivity contribution is 7.92. The summed E-state index contributed by atoms with van der Waals surface area (Å²) in [6, 6.07) is 6.28. The Morgan fingerprint density at radius 3 is 2.40 bits per heavy atom. The summed E-state index contributed by atoms with van der Waals surface area (Å²) >= 11 is 0. The molecule has 1 N–H and O–H groups in total. The molecular formula is C15H14F2N2O4S2. The third kappa shape index (κ3) is 3.00. The molecule has 0 atom stereocenters. The lowest BCUT2D eigenvalue weighted by molar-refractivity contribution is 0.547. The summed E-state index contributed by atoms with van der Waals surface area (Å²) in [7, 11) is -6.61. The largest absolute Gasteiger partial charge is 0.267 e. The highest BCUT2D eigenvalue weighted by atomic mass is 32.2. The molecule has 6 nitrogen and oxygen atoms in total. The molecule has 134 valence electrons. The molecule has 0 amide bonds. The second kappa shape index (κ2) is 6.04. The first kappa shape index (κ1) is 17.8. The number of hydrogen-bond donors (Lipinski definition) is 1. The maximum absolute atomic E-state index is 13.9. The standard InChI is InChI=1S/C15H14F2N2O4S2/c1-18-24(20,21)12-3-4-14-10(8-12)6-7-19(14)25(22,23)15-5-2-11(16)9-13(15)17/h2-5,8-9,18H,6-7H2,1H3. The molecule has 0 radical (unpaired) electrons. The highest BCUT2D eigenvalue weighted by Crippen LogP contribution is 2.35. The second-order valence-electron chi connectivity index (χ2n) is 5.40. The van der Waals surface area contributed by atoms with E-state index in [0.29, 0.717) is 11.6 Å². The number of nitrogens with one attached hydrogen (secondary N) is 1. The maximum atomic E-state index is 13.9. The monoisotopic (exact) mass is 388 g/mol. The number of anilines is 1. The minimum atomic E-state index is -4.23. The van der Waals surface area contributed by atoms with Crippen molar-refractivity contribution in [3.05, 3.63) is 53.6 Å². The van der Waals surface area contributed by atoms with Gasteiger partial charge in [-0.1, -0.05) is 0 Å². The number of hydrogen-bond acceptors (Lipinski definition) is 4. The van der Waals surface area contributed by atoms with Crippen LogP contribution >= 0.6 is 0 Å².